The molecule has 0 spiro atoms. The number of hydrogen-bond donors (Lipinski definition) is 1. The molecule has 0 aliphatic rings. The molecule has 0 aromatic heterocycles. The molecule has 0 fully saturated rings. The van der Waals surface area contributed by atoms with Crippen molar-refractivity contribution in [2.75, 3.05) is 17.1 Å². The maximum absolute atomic E-state index is 11.8. The molecule has 7 heteroatoms. The van der Waals surface area contributed by atoms with Gasteiger partial charge in [-0.25, -0.2) is 8.42 Å². The van der Waals surface area contributed by atoms with Crippen LogP contribution in [0.5, 0.6) is 0 Å². The van der Waals surface area contributed by atoms with Gasteiger partial charge in [0.1, 0.15) is 6.54 Å². The smallest absolute Gasteiger partial charge is 0.240 e. The predicted octanol–water partition coefficient (Wildman–Crippen LogP) is 0.849. The summed E-state index contributed by atoms with van der Waals surface area (Å²) in [5.74, 6) is -0.380. The van der Waals surface area contributed by atoms with Crippen LogP contribution < -0.4 is 9.62 Å². The third-order valence-corrected chi connectivity index (χ3v) is 3.56. The predicted molar refractivity (Wildman–Crippen MR) is 76.6 cm³/mol. The van der Waals surface area contributed by atoms with Crippen LogP contribution in [0.4, 0.5) is 5.69 Å². The zero-order valence-electron chi connectivity index (χ0n) is 11.6. The van der Waals surface area contributed by atoms with E-state index in [0.29, 0.717) is 11.3 Å². The maximum atomic E-state index is 11.8. The van der Waals surface area contributed by atoms with Gasteiger partial charge in [-0.05, 0) is 38.1 Å². The van der Waals surface area contributed by atoms with Crippen LogP contribution in [-0.4, -0.2) is 33.2 Å². The van der Waals surface area contributed by atoms with Gasteiger partial charge >= 0.3 is 0 Å². The summed E-state index contributed by atoms with van der Waals surface area (Å²) in [5, 5.41) is 11.4. The van der Waals surface area contributed by atoms with Crippen LogP contribution in [0.1, 0.15) is 19.4 Å². The van der Waals surface area contributed by atoms with Crippen molar-refractivity contribution in [3.8, 4) is 6.07 Å². The lowest BCUT2D eigenvalue weighted by molar-refractivity contribution is -0.120. The maximum Gasteiger partial charge on any atom is 0.240 e. The largest absolute Gasteiger partial charge is 0.352 e. The van der Waals surface area contributed by atoms with Crippen LogP contribution in [0, 0.1) is 11.3 Å². The average Bonchev–Trinajstić information content (AvgIpc) is 2.34. The second-order valence-corrected chi connectivity index (χ2v) is 6.56. The van der Waals surface area contributed by atoms with Crippen molar-refractivity contribution in [3.05, 3.63) is 29.8 Å². The van der Waals surface area contributed by atoms with E-state index in [2.05, 4.69) is 5.32 Å². The van der Waals surface area contributed by atoms with E-state index in [0.717, 1.165) is 10.6 Å². The molecule has 0 saturated carbocycles. The van der Waals surface area contributed by atoms with E-state index in [-0.39, 0.29) is 18.5 Å². The van der Waals surface area contributed by atoms with Crippen LogP contribution in [0.2, 0.25) is 0 Å². The lowest BCUT2D eigenvalue weighted by atomic mass is 10.2. The van der Waals surface area contributed by atoms with Gasteiger partial charge < -0.3 is 5.32 Å². The molecule has 0 aliphatic heterocycles. The number of carbonyl (C=O) groups is 1. The molecule has 0 atom stereocenters. The van der Waals surface area contributed by atoms with Gasteiger partial charge in [-0.2, -0.15) is 5.26 Å². The number of benzene rings is 1. The van der Waals surface area contributed by atoms with E-state index in [4.69, 9.17) is 5.26 Å². The number of nitrogens with one attached hydrogen (secondary N) is 1. The zero-order valence-corrected chi connectivity index (χ0v) is 12.4. The Labute approximate surface area is 119 Å². The number of rotatable bonds is 5. The van der Waals surface area contributed by atoms with E-state index in [1.165, 1.54) is 24.3 Å². The number of nitriles is 1. The second-order valence-electron chi connectivity index (χ2n) is 4.65. The quantitative estimate of drug-likeness (QED) is 0.872. The number of carbonyl (C=O) groups excluding carboxylic acids is 1. The molecule has 0 bridgehead atoms. The van der Waals surface area contributed by atoms with Crippen molar-refractivity contribution in [2.45, 2.75) is 19.9 Å². The lowest BCUT2D eigenvalue weighted by Crippen LogP contribution is -2.42. The lowest BCUT2D eigenvalue weighted by Gasteiger charge is -2.22. The molecule has 0 radical (unpaired) electrons. The molecule has 0 saturated heterocycles. The summed E-state index contributed by atoms with van der Waals surface area (Å²) in [4.78, 5) is 11.7. The summed E-state index contributed by atoms with van der Waals surface area (Å²) < 4.78 is 24.6. The molecule has 20 heavy (non-hydrogen) atoms. The van der Waals surface area contributed by atoms with Gasteiger partial charge in [-0.1, -0.05) is 0 Å². The molecule has 108 valence electrons. The Kier molecular flexibility index (Phi) is 5.11. The summed E-state index contributed by atoms with van der Waals surface area (Å²) in [6, 6.07) is 7.91. The van der Waals surface area contributed by atoms with Gasteiger partial charge in [0, 0.05) is 6.04 Å². The molecule has 6 nitrogen and oxygen atoms in total. The Hall–Kier alpha value is -2.07. The number of nitrogens with zero attached hydrogens (tertiary/aromatic N) is 2. The molecule has 1 amide bonds. The first-order chi connectivity index (χ1) is 9.24. The van der Waals surface area contributed by atoms with Gasteiger partial charge in [0.05, 0.1) is 23.6 Å². The molecule has 1 rings (SSSR count). The highest BCUT2D eigenvalue weighted by Gasteiger charge is 2.20. The average molecular weight is 295 g/mol. The van der Waals surface area contributed by atoms with E-state index >= 15 is 0 Å². The second kappa shape index (κ2) is 6.39. The third-order valence-electron chi connectivity index (χ3n) is 2.42. The monoisotopic (exact) mass is 295 g/mol. The normalized spacial score (nSPS) is 10.9. The summed E-state index contributed by atoms with van der Waals surface area (Å²) >= 11 is 0. The van der Waals surface area contributed by atoms with Crippen molar-refractivity contribution >= 4 is 21.6 Å². The molecule has 1 N–H and O–H groups in total. The standard InChI is InChI=1S/C13H17N3O3S/c1-10(2)15-13(17)9-16(20(3,18)19)12-6-4-11(8-14)5-7-12/h4-7,10H,9H2,1-3H3,(H,15,17). The van der Waals surface area contributed by atoms with Crippen molar-refractivity contribution in [2.24, 2.45) is 0 Å². The molecule has 0 heterocycles. The van der Waals surface area contributed by atoms with Gasteiger partial charge in [0.25, 0.3) is 0 Å². The molecule has 0 aliphatic carbocycles. The highest BCUT2D eigenvalue weighted by Crippen LogP contribution is 2.17. The van der Waals surface area contributed by atoms with E-state index < -0.39 is 10.0 Å². The van der Waals surface area contributed by atoms with Crippen LogP contribution in [0.15, 0.2) is 24.3 Å². The molecular weight excluding hydrogens is 278 g/mol. The summed E-state index contributed by atoms with van der Waals surface area (Å²) in [6.07, 6.45) is 1.04. The first-order valence-electron chi connectivity index (χ1n) is 6.01. The Balaban J connectivity index is 3.01. The van der Waals surface area contributed by atoms with Crippen LogP contribution >= 0.6 is 0 Å². The fraction of sp³-hybridized carbons (Fsp3) is 0.385. The summed E-state index contributed by atoms with van der Waals surface area (Å²) in [6.45, 7) is 3.30. The van der Waals surface area contributed by atoms with E-state index in [9.17, 15) is 13.2 Å². The third kappa shape index (κ3) is 4.55. The van der Waals surface area contributed by atoms with Crippen molar-refractivity contribution in [1.29, 1.82) is 5.26 Å². The molecule has 0 unspecified atom stereocenters. The fourth-order valence-corrected chi connectivity index (χ4v) is 2.46. The number of hydrogen-bond acceptors (Lipinski definition) is 4. The van der Waals surface area contributed by atoms with Crippen molar-refractivity contribution in [1.82, 2.24) is 5.32 Å². The number of anilines is 1. The zero-order chi connectivity index (χ0) is 15.3. The topological polar surface area (TPSA) is 90.3 Å². The Morgan fingerprint density at radius 3 is 2.30 bits per heavy atom. The number of sulfonamides is 1. The highest BCUT2D eigenvalue weighted by atomic mass is 32.2. The van der Waals surface area contributed by atoms with Gasteiger partial charge in [0.15, 0.2) is 0 Å². The first kappa shape index (κ1) is 16.0. The van der Waals surface area contributed by atoms with Crippen molar-refractivity contribution in [3.63, 3.8) is 0 Å². The van der Waals surface area contributed by atoms with E-state index in [1.54, 1.807) is 13.8 Å². The van der Waals surface area contributed by atoms with Crippen LogP contribution in [0.3, 0.4) is 0 Å². The number of amides is 1. The summed E-state index contributed by atoms with van der Waals surface area (Å²) in [7, 11) is -3.58. The van der Waals surface area contributed by atoms with Crippen LogP contribution in [0.25, 0.3) is 0 Å². The molecule has 1 aromatic rings. The van der Waals surface area contributed by atoms with Gasteiger partial charge in [-0.15, -0.1) is 0 Å². The highest BCUT2D eigenvalue weighted by molar-refractivity contribution is 7.92. The van der Waals surface area contributed by atoms with Gasteiger partial charge in [-0.3, -0.25) is 9.10 Å². The SMILES string of the molecule is CC(C)NC(=O)CN(c1ccc(C#N)cc1)S(C)(=O)=O. The Bertz CT molecular complexity index is 615. The fourth-order valence-electron chi connectivity index (χ4n) is 1.60. The first-order valence-corrected chi connectivity index (χ1v) is 7.86. The molecule has 1 aromatic carbocycles. The minimum absolute atomic E-state index is 0.0649. The molecular formula is C13H17N3O3S. The Morgan fingerprint density at radius 1 is 1.35 bits per heavy atom. The van der Waals surface area contributed by atoms with Gasteiger partial charge in [0.2, 0.25) is 15.9 Å². The van der Waals surface area contributed by atoms with Crippen LogP contribution in [-0.2, 0) is 14.8 Å². The van der Waals surface area contributed by atoms with Crippen molar-refractivity contribution < 1.29 is 13.2 Å². The summed E-state index contributed by atoms with van der Waals surface area (Å²) in [5.41, 5.74) is 0.777. The van der Waals surface area contributed by atoms with E-state index in [1.807, 2.05) is 6.07 Å². The Morgan fingerprint density at radius 2 is 1.90 bits per heavy atom. The minimum Gasteiger partial charge on any atom is -0.352 e. The minimum atomic E-state index is -3.58.